The van der Waals surface area contributed by atoms with Gasteiger partial charge < -0.3 is 4.79 Å². The van der Waals surface area contributed by atoms with Gasteiger partial charge in [-0.15, -0.1) is 0 Å². The maximum Gasteiger partial charge on any atom is 0.129 e. The van der Waals surface area contributed by atoms with Gasteiger partial charge in [0, 0.05) is 6.42 Å². The second-order valence-electron chi connectivity index (χ2n) is 4.47. The molecule has 0 aliphatic carbocycles. The zero-order chi connectivity index (χ0) is 10.3. The Bertz CT molecular complexity index is 151. The third-order valence-corrected chi connectivity index (χ3v) is 3.07. The summed E-state index contributed by atoms with van der Waals surface area (Å²) in [6.45, 7) is 8.46. The third-order valence-electron chi connectivity index (χ3n) is 3.07. The van der Waals surface area contributed by atoms with Gasteiger partial charge in [0.1, 0.15) is 5.78 Å². The molecule has 0 fully saturated rings. The highest BCUT2D eigenvalue weighted by atomic mass is 16.1. The summed E-state index contributed by atoms with van der Waals surface area (Å²) in [5.41, 5.74) is 0.404. The van der Waals surface area contributed by atoms with Gasteiger partial charge in [-0.1, -0.05) is 40.0 Å². The SMILES string of the molecule is CCCCC(C)(CC)CCC(C)=O. The van der Waals surface area contributed by atoms with Crippen molar-refractivity contribution >= 4 is 5.78 Å². The Morgan fingerprint density at radius 2 is 1.85 bits per heavy atom. The molecule has 0 rings (SSSR count). The Balaban J connectivity index is 3.87. The van der Waals surface area contributed by atoms with Gasteiger partial charge in [0.15, 0.2) is 0 Å². The normalized spacial score (nSPS) is 15.4. The molecule has 1 atom stereocenters. The molecule has 1 heteroatoms. The van der Waals surface area contributed by atoms with Crippen LogP contribution in [0.2, 0.25) is 0 Å². The molecule has 0 aromatic rings. The Morgan fingerprint density at radius 1 is 1.23 bits per heavy atom. The first-order chi connectivity index (χ1) is 6.04. The van der Waals surface area contributed by atoms with Crippen molar-refractivity contribution in [3.8, 4) is 0 Å². The van der Waals surface area contributed by atoms with Crippen molar-refractivity contribution in [1.82, 2.24) is 0 Å². The monoisotopic (exact) mass is 184 g/mol. The minimum atomic E-state index is 0.330. The minimum absolute atomic E-state index is 0.330. The highest BCUT2D eigenvalue weighted by Gasteiger charge is 2.21. The van der Waals surface area contributed by atoms with Crippen LogP contribution in [0.15, 0.2) is 0 Å². The van der Waals surface area contributed by atoms with Gasteiger partial charge in [-0.05, 0) is 25.2 Å². The molecule has 0 aliphatic rings. The number of rotatable bonds is 7. The molecule has 0 saturated carbocycles. The van der Waals surface area contributed by atoms with Crippen LogP contribution in [-0.4, -0.2) is 5.78 Å². The molecule has 0 aromatic heterocycles. The second-order valence-corrected chi connectivity index (χ2v) is 4.47. The van der Waals surface area contributed by atoms with E-state index in [0.717, 1.165) is 12.8 Å². The average molecular weight is 184 g/mol. The highest BCUT2D eigenvalue weighted by molar-refractivity contribution is 5.75. The number of unbranched alkanes of at least 4 members (excludes halogenated alkanes) is 1. The predicted octanol–water partition coefficient (Wildman–Crippen LogP) is 3.96. The fourth-order valence-electron chi connectivity index (χ4n) is 1.56. The highest BCUT2D eigenvalue weighted by Crippen LogP contribution is 2.33. The van der Waals surface area contributed by atoms with Gasteiger partial charge >= 0.3 is 0 Å². The van der Waals surface area contributed by atoms with Crippen molar-refractivity contribution in [3.63, 3.8) is 0 Å². The minimum Gasteiger partial charge on any atom is -0.300 e. The third kappa shape index (κ3) is 5.84. The van der Waals surface area contributed by atoms with Crippen molar-refractivity contribution in [3.05, 3.63) is 0 Å². The Morgan fingerprint density at radius 3 is 2.23 bits per heavy atom. The van der Waals surface area contributed by atoms with Crippen LogP contribution in [0.1, 0.15) is 66.2 Å². The van der Waals surface area contributed by atoms with E-state index in [1.54, 1.807) is 6.92 Å². The number of hydrogen-bond acceptors (Lipinski definition) is 1. The molecule has 1 nitrogen and oxygen atoms in total. The summed E-state index contributed by atoms with van der Waals surface area (Å²) in [6.07, 6.45) is 6.85. The van der Waals surface area contributed by atoms with Gasteiger partial charge in [-0.3, -0.25) is 0 Å². The van der Waals surface area contributed by atoms with E-state index in [4.69, 9.17) is 0 Å². The van der Waals surface area contributed by atoms with Crippen molar-refractivity contribution in [2.45, 2.75) is 66.2 Å². The van der Waals surface area contributed by atoms with Crippen LogP contribution in [0.25, 0.3) is 0 Å². The summed E-state index contributed by atoms with van der Waals surface area (Å²) in [7, 11) is 0. The fraction of sp³-hybridized carbons (Fsp3) is 0.917. The van der Waals surface area contributed by atoms with Gasteiger partial charge in [-0.25, -0.2) is 0 Å². The van der Waals surface area contributed by atoms with Crippen LogP contribution >= 0.6 is 0 Å². The van der Waals surface area contributed by atoms with Crippen molar-refractivity contribution in [2.24, 2.45) is 5.41 Å². The lowest BCUT2D eigenvalue weighted by molar-refractivity contribution is -0.117. The lowest BCUT2D eigenvalue weighted by Crippen LogP contribution is -2.16. The number of carbonyl (C=O) groups excluding carboxylic acids is 1. The summed E-state index contributed by atoms with van der Waals surface area (Å²) >= 11 is 0. The molecular formula is C12H24O. The van der Waals surface area contributed by atoms with Crippen molar-refractivity contribution in [2.75, 3.05) is 0 Å². The average Bonchev–Trinajstić information content (AvgIpc) is 2.11. The molecule has 0 radical (unpaired) electrons. The molecule has 0 amide bonds. The van der Waals surface area contributed by atoms with Gasteiger partial charge in [0.05, 0.1) is 0 Å². The Labute approximate surface area is 82.9 Å². The quantitative estimate of drug-likeness (QED) is 0.585. The Hall–Kier alpha value is -0.330. The van der Waals surface area contributed by atoms with E-state index in [1.165, 1.54) is 25.7 Å². The summed E-state index contributed by atoms with van der Waals surface area (Å²) in [5, 5.41) is 0. The molecule has 1 unspecified atom stereocenters. The maximum atomic E-state index is 10.9. The largest absolute Gasteiger partial charge is 0.300 e. The first kappa shape index (κ1) is 12.7. The molecule has 0 heterocycles. The Kier molecular flexibility index (Phi) is 6.02. The zero-order valence-corrected chi connectivity index (χ0v) is 9.65. The van der Waals surface area contributed by atoms with E-state index < -0.39 is 0 Å². The molecule has 0 N–H and O–H groups in total. The van der Waals surface area contributed by atoms with E-state index in [2.05, 4.69) is 20.8 Å². The second kappa shape index (κ2) is 6.17. The number of hydrogen-bond donors (Lipinski definition) is 0. The molecule has 0 saturated heterocycles. The fourth-order valence-corrected chi connectivity index (χ4v) is 1.56. The maximum absolute atomic E-state index is 10.9. The molecule has 0 spiro atoms. The topological polar surface area (TPSA) is 17.1 Å². The number of ketones is 1. The first-order valence-corrected chi connectivity index (χ1v) is 5.53. The van der Waals surface area contributed by atoms with Crippen LogP contribution in [0.3, 0.4) is 0 Å². The lowest BCUT2D eigenvalue weighted by Gasteiger charge is -2.27. The summed E-state index contributed by atoms with van der Waals surface area (Å²) < 4.78 is 0. The van der Waals surface area contributed by atoms with Crippen LogP contribution in [0, 0.1) is 5.41 Å². The summed E-state index contributed by atoms with van der Waals surface area (Å²) in [4.78, 5) is 10.9. The van der Waals surface area contributed by atoms with Crippen LogP contribution in [0.5, 0.6) is 0 Å². The number of Topliss-reactive ketones (excluding diaryl/α,β-unsaturated/α-hetero) is 1. The van der Waals surface area contributed by atoms with Crippen molar-refractivity contribution < 1.29 is 4.79 Å². The molecular weight excluding hydrogens is 160 g/mol. The van der Waals surface area contributed by atoms with E-state index in [-0.39, 0.29) is 0 Å². The van der Waals surface area contributed by atoms with Gasteiger partial charge in [-0.2, -0.15) is 0 Å². The lowest BCUT2D eigenvalue weighted by atomic mass is 9.78. The van der Waals surface area contributed by atoms with Crippen LogP contribution in [-0.2, 0) is 4.79 Å². The summed E-state index contributed by atoms with van der Waals surface area (Å²) in [5.74, 6) is 0.330. The van der Waals surface area contributed by atoms with E-state index >= 15 is 0 Å². The molecule has 0 aromatic carbocycles. The standard InChI is InChI=1S/C12H24O/c1-5-7-9-12(4,6-2)10-8-11(3)13/h5-10H2,1-4H3. The van der Waals surface area contributed by atoms with E-state index in [9.17, 15) is 4.79 Å². The molecule has 13 heavy (non-hydrogen) atoms. The first-order valence-electron chi connectivity index (χ1n) is 5.53. The van der Waals surface area contributed by atoms with E-state index in [1.807, 2.05) is 0 Å². The van der Waals surface area contributed by atoms with Crippen LogP contribution in [0.4, 0.5) is 0 Å². The van der Waals surface area contributed by atoms with Crippen molar-refractivity contribution in [1.29, 1.82) is 0 Å². The molecule has 78 valence electrons. The van der Waals surface area contributed by atoms with Crippen LogP contribution < -0.4 is 0 Å². The smallest absolute Gasteiger partial charge is 0.129 e. The zero-order valence-electron chi connectivity index (χ0n) is 9.65. The summed E-state index contributed by atoms with van der Waals surface area (Å²) in [6, 6.07) is 0. The number of carbonyl (C=O) groups is 1. The van der Waals surface area contributed by atoms with Gasteiger partial charge in [0.25, 0.3) is 0 Å². The predicted molar refractivity (Wildman–Crippen MR) is 57.8 cm³/mol. The van der Waals surface area contributed by atoms with E-state index in [0.29, 0.717) is 11.2 Å². The van der Waals surface area contributed by atoms with Gasteiger partial charge in [0.2, 0.25) is 0 Å². The molecule has 0 aliphatic heterocycles. The molecule has 0 bridgehead atoms.